The van der Waals surface area contributed by atoms with Crippen molar-refractivity contribution in [3.63, 3.8) is 0 Å². The van der Waals surface area contributed by atoms with Gasteiger partial charge in [0.15, 0.2) is 5.66 Å². The van der Waals surface area contributed by atoms with Crippen molar-refractivity contribution >= 4 is 5.91 Å². The Labute approximate surface area is 164 Å². The third kappa shape index (κ3) is 5.30. The van der Waals surface area contributed by atoms with Gasteiger partial charge in [0.1, 0.15) is 11.5 Å². The summed E-state index contributed by atoms with van der Waals surface area (Å²) in [5.41, 5.74) is 0.333. The van der Waals surface area contributed by atoms with Crippen molar-refractivity contribution in [2.24, 2.45) is 10.2 Å². The molecule has 0 unspecified atom stereocenters. The summed E-state index contributed by atoms with van der Waals surface area (Å²) in [7, 11) is 1.60. The summed E-state index contributed by atoms with van der Waals surface area (Å²) in [6.45, 7) is 0.317. The number of hydrogen-bond donors (Lipinski definition) is 1. The topological polar surface area (TPSA) is 85.2 Å². The van der Waals surface area contributed by atoms with Gasteiger partial charge in [-0.05, 0) is 18.2 Å². The minimum atomic E-state index is -0.446. The molecule has 0 saturated carbocycles. The molecule has 1 amide bonds. The number of pyridine rings is 1. The zero-order valence-corrected chi connectivity index (χ0v) is 15.7. The molecule has 0 radical (unpaired) electrons. The molecule has 1 aromatic heterocycles. The van der Waals surface area contributed by atoms with Crippen LogP contribution < -0.4 is 14.8 Å². The van der Waals surface area contributed by atoms with Gasteiger partial charge in [-0.2, -0.15) is 10.2 Å². The summed E-state index contributed by atoms with van der Waals surface area (Å²) in [4.78, 5) is 16.5. The number of nitrogens with zero attached hydrogens (tertiary/aromatic N) is 3. The molecule has 1 N–H and O–H groups in total. The number of benzene rings is 1. The van der Waals surface area contributed by atoms with Crippen LogP contribution in [0, 0.1) is 12.3 Å². The number of nitrogens with one attached hydrogen (secondary N) is 1. The number of terminal acetylenes is 1. The van der Waals surface area contributed by atoms with Crippen LogP contribution in [0.5, 0.6) is 17.4 Å². The molecule has 1 aliphatic heterocycles. The Morgan fingerprint density at radius 2 is 2.04 bits per heavy atom. The van der Waals surface area contributed by atoms with Crippen molar-refractivity contribution in [3.05, 3.63) is 48.2 Å². The molecular weight excluding hydrogens is 356 g/mol. The van der Waals surface area contributed by atoms with Crippen LogP contribution in [0.4, 0.5) is 0 Å². The molecule has 144 valence electrons. The van der Waals surface area contributed by atoms with E-state index in [4.69, 9.17) is 15.9 Å². The van der Waals surface area contributed by atoms with E-state index in [1.807, 2.05) is 24.3 Å². The summed E-state index contributed by atoms with van der Waals surface area (Å²) in [6.07, 6.45) is 9.13. The number of methoxy groups -OCH3 is 1. The van der Waals surface area contributed by atoms with Crippen molar-refractivity contribution in [2.45, 2.75) is 37.9 Å². The molecule has 1 aliphatic rings. The fourth-order valence-corrected chi connectivity index (χ4v) is 2.69. The van der Waals surface area contributed by atoms with Crippen LogP contribution >= 0.6 is 0 Å². The zero-order valence-electron chi connectivity index (χ0n) is 15.7. The second-order valence-corrected chi connectivity index (χ2v) is 6.41. The summed E-state index contributed by atoms with van der Waals surface area (Å²) in [5, 5.41) is 11.0. The number of hydrogen-bond acceptors (Lipinski definition) is 6. The van der Waals surface area contributed by atoms with Crippen LogP contribution in [0.3, 0.4) is 0 Å². The van der Waals surface area contributed by atoms with Crippen LogP contribution in [0.2, 0.25) is 0 Å². The number of ether oxygens (including phenoxy) is 2. The van der Waals surface area contributed by atoms with E-state index in [2.05, 4.69) is 26.4 Å². The number of carbonyl (C=O) groups is 1. The van der Waals surface area contributed by atoms with E-state index in [1.54, 1.807) is 25.4 Å². The van der Waals surface area contributed by atoms with Gasteiger partial charge in [0.05, 0.1) is 7.11 Å². The Morgan fingerprint density at radius 3 is 2.79 bits per heavy atom. The van der Waals surface area contributed by atoms with Crippen molar-refractivity contribution in [2.75, 3.05) is 7.11 Å². The van der Waals surface area contributed by atoms with Crippen LogP contribution in [0.15, 0.2) is 52.8 Å². The summed E-state index contributed by atoms with van der Waals surface area (Å²) in [5.74, 6) is 4.25. The molecule has 0 spiro atoms. The molecule has 1 aromatic carbocycles. The maximum absolute atomic E-state index is 12.2. The van der Waals surface area contributed by atoms with E-state index in [0.29, 0.717) is 49.6 Å². The lowest BCUT2D eigenvalue weighted by atomic mass is 10.0. The van der Waals surface area contributed by atoms with Gasteiger partial charge in [0, 0.05) is 50.1 Å². The highest BCUT2D eigenvalue weighted by Crippen LogP contribution is 2.37. The molecular formula is C21H22N4O3. The largest absolute Gasteiger partial charge is 0.497 e. The average Bonchev–Trinajstić information content (AvgIpc) is 3.50. The van der Waals surface area contributed by atoms with Gasteiger partial charge in [-0.15, -0.1) is 12.3 Å². The highest BCUT2D eigenvalue weighted by atomic mass is 16.5. The predicted molar refractivity (Wildman–Crippen MR) is 104 cm³/mol. The highest BCUT2D eigenvalue weighted by Gasteiger charge is 2.39. The number of rotatable bonds is 10. The summed E-state index contributed by atoms with van der Waals surface area (Å²) in [6, 6.07) is 10.9. The minimum Gasteiger partial charge on any atom is -0.497 e. The van der Waals surface area contributed by atoms with Crippen LogP contribution in [0.25, 0.3) is 0 Å². The molecule has 0 saturated heterocycles. The Bertz CT molecular complexity index is 899. The number of carbonyl (C=O) groups excluding carboxylic acids is 1. The molecule has 3 rings (SSSR count). The monoisotopic (exact) mass is 378 g/mol. The van der Waals surface area contributed by atoms with Gasteiger partial charge >= 0.3 is 0 Å². The maximum atomic E-state index is 12.2. The standard InChI is InChI=1S/C21H22N4O3/c1-3-4-11-21(24-25-21)12-10-19(26)23-15-16-7-6-13-22-20(16)28-18-9-5-8-17(14-18)27-2/h1,5-9,13-14H,4,10-12,15H2,2H3,(H,23,26). The first-order chi connectivity index (χ1) is 13.6. The third-order valence-electron chi connectivity index (χ3n) is 4.39. The average molecular weight is 378 g/mol. The molecule has 7 nitrogen and oxygen atoms in total. The number of aromatic nitrogens is 1. The first-order valence-electron chi connectivity index (χ1n) is 9.04. The van der Waals surface area contributed by atoms with E-state index in [0.717, 1.165) is 5.56 Å². The maximum Gasteiger partial charge on any atom is 0.224 e. The Kier molecular flexibility index (Phi) is 6.22. The molecule has 28 heavy (non-hydrogen) atoms. The highest BCUT2D eigenvalue weighted by molar-refractivity contribution is 5.76. The van der Waals surface area contributed by atoms with Crippen molar-refractivity contribution < 1.29 is 14.3 Å². The van der Waals surface area contributed by atoms with Crippen LogP contribution in [-0.2, 0) is 11.3 Å². The quantitative estimate of drug-likeness (QED) is 0.636. The molecule has 0 aliphatic carbocycles. The second kappa shape index (κ2) is 9.00. The van der Waals surface area contributed by atoms with Crippen LogP contribution in [0.1, 0.15) is 31.2 Å². The third-order valence-corrected chi connectivity index (χ3v) is 4.39. The summed E-state index contributed by atoms with van der Waals surface area (Å²) < 4.78 is 11.1. The van der Waals surface area contributed by atoms with E-state index < -0.39 is 5.66 Å². The predicted octanol–water partition coefficient (Wildman–Crippen LogP) is 3.85. The number of amides is 1. The Hall–Kier alpha value is -3.40. The smallest absolute Gasteiger partial charge is 0.224 e. The Balaban J connectivity index is 1.53. The van der Waals surface area contributed by atoms with E-state index >= 15 is 0 Å². The molecule has 7 heteroatoms. The van der Waals surface area contributed by atoms with Gasteiger partial charge in [0.25, 0.3) is 0 Å². The second-order valence-electron chi connectivity index (χ2n) is 6.41. The molecule has 0 atom stereocenters. The molecule has 0 fully saturated rings. The van der Waals surface area contributed by atoms with Gasteiger partial charge in [-0.3, -0.25) is 4.79 Å². The first-order valence-corrected chi connectivity index (χ1v) is 9.04. The normalized spacial score (nSPS) is 13.4. The summed E-state index contributed by atoms with van der Waals surface area (Å²) >= 11 is 0. The van der Waals surface area contributed by atoms with Gasteiger partial charge in [-0.25, -0.2) is 4.98 Å². The van der Waals surface area contributed by atoms with Gasteiger partial charge in [0.2, 0.25) is 11.8 Å². The molecule has 0 bridgehead atoms. The van der Waals surface area contributed by atoms with Crippen molar-refractivity contribution in [1.29, 1.82) is 0 Å². The molecule has 2 aromatic rings. The fourth-order valence-electron chi connectivity index (χ4n) is 2.69. The van der Waals surface area contributed by atoms with Crippen molar-refractivity contribution in [1.82, 2.24) is 10.3 Å². The lowest BCUT2D eigenvalue weighted by Gasteiger charge is -2.12. The van der Waals surface area contributed by atoms with E-state index in [1.165, 1.54) is 0 Å². The van der Waals surface area contributed by atoms with E-state index in [-0.39, 0.29) is 5.91 Å². The van der Waals surface area contributed by atoms with Gasteiger partial charge < -0.3 is 14.8 Å². The van der Waals surface area contributed by atoms with Crippen molar-refractivity contribution in [3.8, 4) is 29.7 Å². The lowest BCUT2D eigenvalue weighted by molar-refractivity contribution is -0.121. The fraction of sp³-hybridized carbons (Fsp3) is 0.333. The van der Waals surface area contributed by atoms with E-state index in [9.17, 15) is 4.79 Å². The lowest BCUT2D eigenvalue weighted by Crippen LogP contribution is -2.25. The Morgan fingerprint density at radius 1 is 1.21 bits per heavy atom. The van der Waals surface area contributed by atoms with Crippen LogP contribution in [-0.4, -0.2) is 23.7 Å². The van der Waals surface area contributed by atoms with Gasteiger partial charge in [-0.1, -0.05) is 12.1 Å². The first kappa shape index (κ1) is 19.4. The zero-order chi connectivity index (χ0) is 19.8. The molecule has 2 heterocycles. The SMILES string of the molecule is C#CCCC1(CCC(=O)NCc2cccnc2Oc2cccc(OC)c2)N=N1. The minimum absolute atomic E-state index is 0.0754.